The molecule has 0 saturated heterocycles. The Balaban J connectivity index is 1.09. The predicted octanol–water partition coefficient (Wildman–Crippen LogP) is 9.03. The summed E-state index contributed by atoms with van der Waals surface area (Å²) in [4.78, 5) is 5.62. The summed E-state index contributed by atoms with van der Waals surface area (Å²) in [5.74, 6) is 1.34. The smallest absolute Gasteiger partial charge is 0.0842 e. The minimum absolute atomic E-state index is 0.168. The van der Waals surface area contributed by atoms with Crippen LogP contribution in [0.1, 0.15) is 64.2 Å². The van der Waals surface area contributed by atoms with Crippen LogP contribution in [0, 0.1) is 17.8 Å². The molecule has 3 heterocycles. The van der Waals surface area contributed by atoms with Gasteiger partial charge in [-0.1, -0.05) is 103 Å². The Morgan fingerprint density at radius 3 is 2.42 bits per heavy atom. The highest BCUT2D eigenvalue weighted by Crippen LogP contribution is 2.50. The molecule has 254 valence electrons. The third-order valence-electron chi connectivity index (χ3n) is 12.8. The summed E-state index contributed by atoms with van der Waals surface area (Å²) in [6, 6.07) is 1.21. The molecule has 0 aromatic rings. The lowest BCUT2D eigenvalue weighted by atomic mass is 9.85. The Morgan fingerprint density at radius 2 is 1.54 bits per heavy atom. The summed E-state index contributed by atoms with van der Waals surface area (Å²) in [5.41, 5.74) is 12.0. The molecule has 0 radical (unpaired) electrons. The molecular weight excluding hydrogens is 609 g/mol. The molecule has 2 N–H and O–H groups in total. The van der Waals surface area contributed by atoms with E-state index in [0.29, 0.717) is 29.8 Å². The van der Waals surface area contributed by atoms with Gasteiger partial charge in [0.25, 0.3) is 0 Å². The van der Waals surface area contributed by atoms with Crippen LogP contribution < -0.4 is 10.6 Å². The largest absolute Gasteiger partial charge is 0.369 e. The van der Waals surface area contributed by atoms with Crippen molar-refractivity contribution in [2.75, 3.05) is 0 Å². The number of rotatable bonds is 5. The monoisotopic (exact) mass is 658 g/mol. The lowest BCUT2D eigenvalue weighted by Gasteiger charge is -2.43. The summed E-state index contributed by atoms with van der Waals surface area (Å²) < 4.78 is 0. The van der Waals surface area contributed by atoms with E-state index in [1.54, 1.807) is 22.5 Å². The van der Waals surface area contributed by atoms with E-state index in [0.717, 1.165) is 38.5 Å². The third kappa shape index (κ3) is 5.21. The highest BCUT2D eigenvalue weighted by Gasteiger charge is 2.45. The second kappa shape index (κ2) is 12.8. The maximum absolute atomic E-state index is 4.11. The second-order valence-electron chi connectivity index (χ2n) is 15.6. The van der Waals surface area contributed by atoms with Crippen molar-refractivity contribution in [1.82, 2.24) is 20.4 Å². The maximum Gasteiger partial charge on any atom is 0.0842 e. The first-order valence-electron chi connectivity index (χ1n) is 19.6. The topological polar surface area (TPSA) is 30.5 Å². The van der Waals surface area contributed by atoms with Gasteiger partial charge in [0, 0.05) is 40.5 Å². The van der Waals surface area contributed by atoms with E-state index in [9.17, 15) is 0 Å². The fraction of sp³-hybridized carbons (Fsp3) is 0.391. The van der Waals surface area contributed by atoms with Crippen molar-refractivity contribution in [3.05, 3.63) is 167 Å². The van der Waals surface area contributed by atoms with Crippen molar-refractivity contribution >= 4 is 0 Å². The van der Waals surface area contributed by atoms with Crippen LogP contribution in [0.2, 0.25) is 0 Å². The first-order valence-corrected chi connectivity index (χ1v) is 19.6. The molecule has 0 bridgehead atoms. The summed E-state index contributed by atoms with van der Waals surface area (Å²) in [7, 11) is 0. The van der Waals surface area contributed by atoms with Crippen LogP contribution in [0.5, 0.6) is 0 Å². The Bertz CT molecular complexity index is 1880. The number of nitrogens with one attached hydrogen (secondary N) is 2. The second-order valence-corrected chi connectivity index (χ2v) is 15.6. The summed E-state index contributed by atoms with van der Waals surface area (Å²) in [5, 5.41) is 8.14. The summed E-state index contributed by atoms with van der Waals surface area (Å²) in [6.07, 6.45) is 59.7. The highest BCUT2D eigenvalue weighted by atomic mass is 15.2. The number of hydrogen-bond donors (Lipinski definition) is 2. The highest BCUT2D eigenvalue weighted by molar-refractivity contribution is 5.52. The minimum Gasteiger partial charge on any atom is -0.369 e. The van der Waals surface area contributed by atoms with Gasteiger partial charge in [0.1, 0.15) is 0 Å². The third-order valence-corrected chi connectivity index (χ3v) is 12.8. The molecule has 0 saturated carbocycles. The van der Waals surface area contributed by atoms with Crippen LogP contribution in [0.25, 0.3) is 0 Å². The van der Waals surface area contributed by atoms with E-state index in [1.165, 1.54) is 48.2 Å². The van der Waals surface area contributed by atoms with Crippen molar-refractivity contribution in [3.63, 3.8) is 0 Å². The Hall–Kier alpha value is -4.28. The van der Waals surface area contributed by atoms with Gasteiger partial charge in [0.15, 0.2) is 0 Å². The van der Waals surface area contributed by atoms with E-state index in [1.807, 2.05) is 0 Å². The molecule has 3 aliphatic heterocycles. The van der Waals surface area contributed by atoms with Gasteiger partial charge in [-0.05, 0) is 105 Å². The van der Waals surface area contributed by atoms with Gasteiger partial charge in [-0.2, -0.15) is 0 Å². The molecule has 50 heavy (non-hydrogen) atoms. The molecule has 0 fully saturated rings. The van der Waals surface area contributed by atoms with Crippen molar-refractivity contribution in [2.24, 2.45) is 17.8 Å². The molecule has 0 aromatic carbocycles. The van der Waals surface area contributed by atoms with Crippen LogP contribution in [-0.4, -0.2) is 40.1 Å². The zero-order chi connectivity index (χ0) is 33.0. The SMILES string of the molecule is C1=CCC(C2NC(C3=CC(N4C5=C(CCCC5)C5C=CC=CC54)=CC(N4C5=C(C=CCC5)C5C=CC=CC54)C3)=CC(C3=CCCC=C3)N2)C=C1. The number of hydrogen-bond acceptors (Lipinski definition) is 4. The molecule has 0 amide bonds. The summed E-state index contributed by atoms with van der Waals surface area (Å²) >= 11 is 0. The van der Waals surface area contributed by atoms with Gasteiger partial charge in [-0.25, -0.2) is 0 Å². The average molecular weight is 659 g/mol. The number of allylic oxidation sites excluding steroid dienone is 15. The molecule has 4 nitrogen and oxygen atoms in total. The predicted molar refractivity (Wildman–Crippen MR) is 205 cm³/mol. The normalized spacial score (nSPS) is 36.5. The van der Waals surface area contributed by atoms with Crippen molar-refractivity contribution < 1.29 is 0 Å². The Kier molecular flexibility index (Phi) is 7.82. The standard InChI is InChI=1S/C46H50N4/c1-3-15-31(16-4-1)40-30-41(48-46(47-40)32-17-5-2-6-18-32)33-27-34(49-42-23-11-7-19-36(42)37-20-8-12-24-43(37)49)29-35(28-33)50-44-25-13-9-21-38(44)39-22-10-14-26-45(39)50/h2-3,5-9,11,13,15-17,19-21,23,25,28-30,32,34,36,38,40,42,44,46-48H,1,4,10,12,14,18,22,24,26-27H2. The van der Waals surface area contributed by atoms with Crippen LogP contribution >= 0.6 is 0 Å². The number of nitrogens with zero attached hydrogens (tertiary/aromatic N) is 2. The van der Waals surface area contributed by atoms with Crippen LogP contribution in [0.3, 0.4) is 0 Å². The average Bonchev–Trinajstić information content (AvgIpc) is 3.71. The molecule has 8 atom stereocenters. The molecule has 10 aliphatic rings. The molecule has 0 spiro atoms. The molecule has 4 heteroatoms. The molecular formula is C46H50N4. The van der Waals surface area contributed by atoms with E-state index in [2.05, 4.69) is 142 Å². The molecule has 8 unspecified atom stereocenters. The first kappa shape index (κ1) is 30.5. The van der Waals surface area contributed by atoms with Crippen molar-refractivity contribution in [1.29, 1.82) is 0 Å². The Morgan fingerprint density at radius 1 is 0.700 bits per heavy atom. The zero-order valence-electron chi connectivity index (χ0n) is 29.1. The van der Waals surface area contributed by atoms with Gasteiger partial charge in [0.2, 0.25) is 0 Å². The Labute approximate surface area is 298 Å². The van der Waals surface area contributed by atoms with Crippen LogP contribution in [0.15, 0.2) is 167 Å². The van der Waals surface area contributed by atoms with Crippen LogP contribution in [0.4, 0.5) is 0 Å². The van der Waals surface area contributed by atoms with E-state index < -0.39 is 0 Å². The van der Waals surface area contributed by atoms with Crippen molar-refractivity contribution in [3.8, 4) is 0 Å². The number of fused-ring (bicyclic) bond motifs is 4. The van der Waals surface area contributed by atoms with Gasteiger partial charge in [-0.15, -0.1) is 0 Å². The molecule has 10 rings (SSSR count). The van der Waals surface area contributed by atoms with Gasteiger partial charge < -0.3 is 15.1 Å². The lowest BCUT2D eigenvalue weighted by molar-refractivity contribution is 0.235. The fourth-order valence-electron chi connectivity index (χ4n) is 10.5. The van der Waals surface area contributed by atoms with Crippen LogP contribution in [-0.2, 0) is 0 Å². The van der Waals surface area contributed by atoms with Gasteiger partial charge in [-0.3, -0.25) is 5.32 Å². The van der Waals surface area contributed by atoms with Gasteiger partial charge >= 0.3 is 0 Å². The molecule has 0 aromatic heterocycles. The van der Waals surface area contributed by atoms with E-state index in [-0.39, 0.29) is 18.2 Å². The molecule has 7 aliphatic carbocycles. The maximum atomic E-state index is 4.11. The quantitative estimate of drug-likeness (QED) is 0.309. The van der Waals surface area contributed by atoms with E-state index >= 15 is 0 Å². The summed E-state index contributed by atoms with van der Waals surface area (Å²) in [6.45, 7) is 0. The van der Waals surface area contributed by atoms with E-state index in [4.69, 9.17) is 0 Å². The zero-order valence-corrected chi connectivity index (χ0v) is 29.1. The van der Waals surface area contributed by atoms with Crippen molar-refractivity contribution in [2.45, 2.75) is 94.5 Å². The first-order chi connectivity index (χ1) is 24.8. The fourth-order valence-corrected chi connectivity index (χ4v) is 10.5. The van der Waals surface area contributed by atoms with Gasteiger partial charge in [0.05, 0.1) is 30.3 Å². The minimum atomic E-state index is 0.168. The lowest BCUT2D eigenvalue weighted by Crippen LogP contribution is -2.55.